The third-order valence-electron chi connectivity index (χ3n) is 2.62. The SMILES string of the molecule is CCC(=O)ON(C)c1nn(C)c2cc(Br)ccc12. The molecule has 0 unspecified atom stereocenters. The molecule has 0 saturated heterocycles. The van der Waals surface area contributed by atoms with Gasteiger partial charge in [0.15, 0.2) is 5.82 Å². The normalized spacial score (nSPS) is 10.7. The average molecular weight is 312 g/mol. The molecule has 18 heavy (non-hydrogen) atoms. The molecule has 0 atom stereocenters. The van der Waals surface area contributed by atoms with Crippen LogP contribution in [0.25, 0.3) is 10.9 Å². The largest absolute Gasteiger partial charge is 0.340 e. The zero-order chi connectivity index (χ0) is 13.3. The monoisotopic (exact) mass is 311 g/mol. The maximum Gasteiger partial charge on any atom is 0.332 e. The standard InChI is InChI=1S/C12H14BrN3O2/c1-4-11(17)18-16(3)12-9-6-5-8(13)7-10(9)15(2)14-12/h5-7H,4H2,1-3H3. The van der Waals surface area contributed by atoms with Crippen LogP contribution in [-0.4, -0.2) is 22.8 Å². The van der Waals surface area contributed by atoms with Crippen LogP contribution >= 0.6 is 15.9 Å². The molecule has 0 aliphatic rings. The average Bonchev–Trinajstić information content (AvgIpc) is 2.66. The Hall–Kier alpha value is -1.56. The van der Waals surface area contributed by atoms with Crippen LogP contribution in [-0.2, 0) is 16.7 Å². The van der Waals surface area contributed by atoms with E-state index in [1.54, 1.807) is 18.7 Å². The van der Waals surface area contributed by atoms with E-state index in [0.717, 1.165) is 15.4 Å². The minimum Gasteiger partial charge on any atom is -0.340 e. The molecule has 0 aliphatic carbocycles. The Kier molecular flexibility index (Phi) is 3.56. The van der Waals surface area contributed by atoms with Gasteiger partial charge in [0.25, 0.3) is 0 Å². The molecule has 2 rings (SSSR count). The number of aromatic nitrogens is 2. The Labute approximate surface area is 113 Å². The fraction of sp³-hybridized carbons (Fsp3) is 0.333. The van der Waals surface area contributed by atoms with E-state index in [2.05, 4.69) is 21.0 Å². The van der Waals surface area contributed by atoms with Crippen molar-refractivity contribution in [2.75, 3.05) is 12.1 Å². The highest BCUT2D eigenvalue weighted by Gasteiger charge is 2.15. The number of carbonyl (C=O) groups is 1. The van der Waals surface area contributed by atoms with E-state index < -0.39 is 0 Å². The molecule has 0 bridgehead atoms. The molecule has 0 saturated carbocycles. The Morgan fingerprint density at radius 3 is 2.94 bits per heavy atom. The highest BCUT2D eigenvalue weighted by molar-refractivity contribution is 9.10. The molecule has 0 fully saturated rings. The van der Waals surface area contributed by atoms with Gasteiger partial charge in [-0.2, -0.15) is 10.2 Å². The number of fused-ring (bicyclic) bond motifs is 1. The summed E-state index contributed by atoms with van der Waals surface area (Å²) in [6.07, 6.45) is 0.334. The lowest BCUT2D eigenvalue weighted by Gasteiger charge is -2.15. The smallest absolute Gasteiger partial charge is 0.332 e. The van der Waals surface area contributed by atoms with Crippen LogP contribution in [0.5, 0.6) is 0 Å². The van der Waals surface area contributed by atoms with Gasteiger partial charge < -0.3 is 4.84 Å². The van der Waals surface area contributed by atoms with Crippen molar-refractivity contribution in [2.45, 2.75) is 13.3 Å². The second kappa shape index (κ2) is 4.97. The van der Waals surface area contributed by atoms with Crippen LogP contribution in [0.3, 0.4) is 0 Å². The summed E-state index contributed by atoms with van der Waals surface area (Å²) in [6.45, 7) is 1.75. The first-order valence-electron chi connectivity index (χ1n) is 5.59. The maximum atomic E-state index is 11.3. The molecule has 6 heteroatoms. The third-order valence-corrected chi connectivity index (χ3v) is 3.11. The number of aryl methyl sites for hydroxylation is 1. The van der Waals surface area contributed by atoms with Gasteiger partial charge in [-0.25, -0.2) is 4.79 Å². The predicted octanol–water partition coefficient (Wildman–Crippen LogP) is 2.64. The fourth-order valence-electron chi connectivity index (χ4n) is 1.70. The summed E-state index contributed by atoms with van der Waals surface area (Å²) in [5.74, 6) is 0.343. The number of hydrogen-bond donors (Lipinski definition) is 0. The highest BCUT2D eigenvalue weighted by Crippen LogP contribution is 2.27. The van der Waals surface area contributed by atoms with Gasteiger partial charge in [-0.15, -0.1) is 0 Å². The molecule has 1 heterocycles. The minimum absolute atomic E-state index is 0.284. The number of nitrogens with zero attached hydrogens (tertiary/aromatic N) is 3. The van der Waals surface area contributed by atoms with Gasteiger partial charge in [0.2, 0.25) is 0 Å². The second-order valence-electron chi connectivity index (χ2n) is 3.92. The zero-order valence-electron chi connectivity index (χ0n) is 10.5. The fourth-order valence-corrected chi connectivity index (χ4v) is 2.05. The Morgan fingerprint density at radius 2 is 2.28 bits per heavy atom. The van der Waals surface area contributed by atoms with Crippen LogP contribution in [0.15, 0.2) is 22.7 Å². The lowest BCUT2D eigenvalue weighted by molar-refractivity contribution is -0.144. The maximum absolute atomic E-state index is 11.3. The van der Waals surface area contributed by atoms with Gasteiger partial charge in [-0.05, 0) is 18.2 Å². The lowest BCUT2D eigenvalue weighted by Crippen LogP contribution is -2.22. The van der Waals surface area contributed by atoms with Gasteiger partial charge >= 0.3 is 5.97 Å². The first-order chi connectivity index (χ1) is 8.52. The summed E-state index contributed by atoms with van der Waals surface area (Å²) >= 11 is 3.42. The molecular weight excluding hydrogens is 298 g/mol. The molecule has 0 radical (unpaired) electrons. The molecule has 0 spiro atoms. The van der Waals surface area contributed by atoms with Crippen LogP contribution in [0.2, 0.25) is 0 Å². The Bertz CT molecular complexity index is 594. The highest BCUT2D eigenvalue weighted by atomic mass is 79.9. The molecule has 1 aromatic heterocycles. The molecule has 1 aromatic carbocycles. The summed E-state index contributed by atoms with van der Waals surface area (Å²) in [4.78, 5) is 16.4. The third kappa shape index (κ3) is 2.33. The number of halogens is 1. The Balaban J connectivity index is 2.42. The van der Waals surface area contributed by atoms with Gasteiger partial charge in [-0.1, -0.05) is 22.9 Å². The van der Waals surface area contributed by atoms with E-state index in [0.29, 0.717) is 12.2 Å². The number of benzene rings is 1. The van der Waals surface area contributed by atoms with Gasteiger partial charge in [0, 0.05) is 30.4 Å². The van der Waals surface area contributed by atoms with E-state index in [9.17, 15) is 4.79 Å². The Morgan fingerprint density at radius 1 is 1.56 bits per heavy atom. The van der Waals surface area contributed by atoms with Crippen LogP contribution in [0.4, 0.5) is 5.82 Å². The number of hydrogen-bond acceptors (Lipinski definition) is 4. The molecule has 96 valence electrons. The van der Waals surface area contributed by atoms with Crippen molar-refractivity contribution in [1.82, 2.24) is 9.78 Å². The molecule has 0 N–H and O–H groups in total. The first-order valence-corrected chi connectivity index (χ1v) is 6.39. The van der Waals surface area contributed by atoms with Crippen LogP contribution in [0.1, 0.15) is 13.3 Å². The van der Waals surface area contributed by atoms with Gasteiger partial charge in [0.05, 0.1) is 5.52 Å². The predicted molar refractivity (Wildman–Crippen MR) is 73.2 cm³/mol. The van der Waals surface area contributed by atoms with Crippen molar-refractivity contribution in [3.05, 3.63) is 22.7 Å². The number of carbonyl (C=O) groups excluding carboxylic acids is 1. The summed E-state index contributed by atoms with van der Waals surface area (Å²) < 4.78 is 2.74. The van der Waals surface area contributed by atoms with Gasteiger partial charge in [-0.3, -0.25) is 4.68 Å². The first kappa shape index (κ1) is 12.9. The second-order valence-corrected chi connectivity index (χ2v) is 4.84. The molecule has 2 aromatic rings. The number of rotatable bonds is 3. The van der Waals surface area contributed by atoms with Crippen molar-refractivity contribution in [3.63, 3.8) is 0 Å². The van der Waals surface area contributed by atoms with Crippen LogP contribution in [0, 0.1) is 0 Å². The minimum atomic E-state index is -0.284. The zero-order valence-corrected chi connectivity index (χ0v) is 12.1. The molecule has 0 aliphatic heterocycles. The lowest BCUT2D eigenvalue weighted by atomic mass is 10.2. The quantitative estimate of drug-likeness (QED) is 0.818. The number of anilines is 1. The molecular formula is C12H14BrN3O2. The molecule has 5 nitrogen and oxygen atoms in total. The van der Waals surface area contributed by atoms with Crippen molar-refractivity contribution < 1.29 is 9.63 Å². The van der Waals surface area contributed by atoms with Crippen molar-refractivity contribution in [2.24, 2.45) is 7.05 Å². The van der Waals surface area contributed by atoms with E-state index >= 15 is 0 Å². The van der Waals surface area contributed by atoms with Crippen molar-refractivity contribution in [3.8, 4) is 0 Å². The van der Waals surface area contributed by atoms with Crippen molar-refractivity contribution in [1.29, 1.82) is 0 Å². The van der Waals surface area contributed by atoms with Crippen LogP contribution < -0.4 is 5.06 Å². The van der Waals surface area contributed by atoms with E-state index in [1.807, 2.05) is 25.2 Å². The van der Waals surface area contributed by atoms with Crippen molar-refractivity contribution >= 4 is 38.6 Å². The van der Waals surface area contributed by atoms with Gasteiger partial charge in [0.1, 0.15) is 0 Å². The summed E-state index contributed by atoms with van der Waals surface area (Å²) in [6, 6.07) is 5.85. The summed E-state index contributed by atoms with van der Waals surface area (Å²) in [5, 5.41) is 6.70. The molecule has 0 amide bonds. The van der Waals surface area contributed by atoms with E-state index in [1.165, 1.54) is 5.06 Å². The van der Waals surface area contributed by atoms with E-state index in [4.69, 9.17) is 4.84 Å². The summed E-state index contributed by atoms with van der Waals surface area (Å²) in [7, 11) is 3.53. The topological polar surface area (TPSA) is 47.4 Å². The number of hydroxylamine groups is 1. The summed E-state index contributed by atoms with van der Waals surface area (Å²) in [5.41, 5.74) is 0.971. The van der Waals surface area contributed by atoms with E-state index in [-0.39, 0.29) is 5.97 Å².